The Bertz CT molecular complexity index is 3050. The zero-order chi connectivity index (χ0) is 38.4. The van der Waals surface area contributed by atoms with Gasteiger partial charge in [-0.2, -0.15) is 0 Å². The molecule has 8 aromatic rings. The van der Waals surface area contributed by atoms with Gasteiger partial charge in [0.15, 0.2) is 0 Å². The number of benzene rings is 6. The van der Waals surface area contributed by atoms with Crippen molar-refractivity contribution in [2.24, 2.45) is 0 Å². The third-order valence-corrected chi connectivity index (χ3v) is 11.7. The standard InChI is InChI=1S/C55H39NO2/c1-3-11-37(12-4-1)38-21-23-39(24-22-38)40-25-31-43(32-26-40)56(45-35-29-42(30-36-45)47-16-10-18-51-49-14-7-8-20-53(49)58-55(47)51)44-33-27-41(28-34-44)46-15-9-17-50-48-13-5-2-6-19-52(48)57-54(46)50/h2-3,6,8-13,15-36H,1,4,7,14H2. The smallest absolute Gasteiger partial charge is 0.143 e. The van der Waals surface area contributed by atoms with Crippen LogP contribution in [0.2, 0.25) is 0 Å². The molecule has 11 rings (SSSR count). The zero-order valence-corrected chi connectivity index (χ0v) is 32.0. The number of rotatable bonds is 7. The van der Waals surface area contributed by atoms with Crippen LogP contribution in [0.15, 0.2) is 184 Å². The fraction of sp³-hybridized carbons (Fsp3) is 0.0727. The first-order valence-corrected chi connectivity index (χ1v) is 20.2. The maximum Gasteiger partial charge on any atom is 0.143 e. The van der Waals surface area contributed by atoms with Gasteiger partial charge in [0.05, 0.1) is 0 Å². The molecule has 0 saturated heterocycles. The van der Waals surface area contributed by atoms with Crippen LogP contribution in [0.4, 0.5) is 17.1 Å². The summed E-state index contributed by atoms with van der Waals surface area (Å²) in [5, 5.41) is 2.30. The SMILES string of the molecule is C1=CC=Cc2oc3c(-c4ccc(N(c5ccc(-c6ccc(C7=CCCC=C7)cc6)cc5)c5ccc(-c6cccc7c8c(oc67)C=CCC8)cc5)cc4)cccc3c2C=1. The van der Waals surface area contributed by atoms with Gasteiger partial charge in [-0.05, 0) is 120 Å². The molecular formula is C55H39NO2. The number of para-hydroxylation sites is 2. The molecule has 58 heavy (non-hydrogen) atoms. The van der Waals surface area contributed by atoms with Crippen LogP contribution in [0.3, 0.4) is 0 Å². The van der Waals surface area contributed by atoms with Crippen molar-refractivity contribution >= 4 is 62.8 Å². The summed E-state index contributed by atoms with van der Waals surface area (Å²) in [7, 11) is 0. The van der Waals surface area contributed by atoms with E-state index in [0.29, 0.717) is 0 Å². The van der Waals surface area contributed by atoms with E-state index < -0.39 is 0 Å². The first-order chi connectivity index (χ1) is 28.7. The molecule has 0 spiro atoms. The number of aryl methyl sites for hydroxylation is 1. The molecular weight excluding hydrogens is 707 g/mol. The molecule has 2 heterocycles. The quantitative estimate of drug-likeness (QED) is 0.152. The van der Waals surface area contributed by atoms with Crippen LogP contribution in [0.5, 0.6) is 0 Å². The molecule has 0 aliphatic heterocycles. The molecule has 0 radical (unpaired) electrons. The van der Waals surface area contributed by atoms with Gasteiger partial charge >= 0.3 is 0 Å². The summed E-state index contributed by atoms with van der Waals surface area (Å²) in [5.41, 5.74) is 20.0. The Kier molecular flexibility index (Phi) is 8.39. The minimum atomic E-state index is 0.854. The Morgan fingerprint density at radius 2 is 1.05 bits per heavy atom. The molecule has 0 unspecified atom stereocenters. The Morgan fingerprint density at radius 1 is 0.483 bits per heavy atom. The number of hydrogen-bond acceptors (Lipinski definition) is 3. The lowest BCUT2D eigenvalue weighted by Gasteiger charge is -2.26. The van der Waals surface area contributed by atoms with Crippen molar-refractivity contribution in [3.05, 3.63) is 204 Å². The normalized spacial score (nSPS) is 14.1. The van der Waals surface area contributed by atoms with Crippen LogP contribution in [0.1, 0.15) is 47.5 Å². The highest BCUT2D eigenvalue weighted by Crippen LogP contribution is 2.42. The summed E-state index contributed by atoms with van der Waals surface area (Å²) in [4.78, 5) is 2.33. The number of fused-ring (bicyclic) bond motifs is 6. The largest absolute Gasteiger partial charge is 0.456 e. The van der Waals surface area contributed by atoms with E-state index in [1.54, 1.807) is 0 Å². The molecule has 0 N–H and O–H groups in total. The molecule has 6 aromatic carbocycles. The van der Waals surface area contributed by atoms with E-state index in [2.05, 4.69) is 174 Å². The Morgan fingerprint density at radius 3 is 1.71 bits per heavy atom. The van der Waals surface area contributed by atoms with Crippen LogP contribution in [-0.2, 0) is 6.42 Å². The van der Waals surface area contributed by atoms with Gasteiger partial charge in [0.1, 0.15) is 22.7 Å². The molecule has 0 bridgehead atoms. The van der Waals surface area contributed by atoms with Crippen LogP contribution in [0, 0.1) is 0 Å². The third-order valence-electron chi connectivity index (χ3n) is 11.7. The van der Waals surface area contributed by atoms with Crippen molar-refractivity contribution < 1.29 is 8.83 Å². The molecule has 0 saturated carbocycles. The molecule has 3 nitrogen and oxygen atoms in total. The maximum absolute atomic E-state index is 6.46. The minimum absolute atomic E-state index is 0.854. The molecule has 0 atom stereocenters. The summed E-state index contributed by atoms with van der Waals surface area (Å²) < 4.78 is 12.9. The average molecular weight is 746 g/mol. The van der Waals surface area contributed by atoms with E-state index in [1.165, 1.54) is 33.2 Å². The molecule has 2 aromatic heterocycles. The molecule has 3 aliphatic carbocycles. The topological polar surface area (TPSA) is 29.5 Å². The molecule has 3 heteroatoms. The number of nitrogens with zero attached hydrogens (tertiary/aromatic N) is 1. The fourth-order valence-corrected chi connectivity index (χ4v) is 8.72. The highest BCUT2D eigenvalue weighted by molar-refractivity contribution is 6.00. The van der Waals surface area contributed by atoms with E-state index >= 15 is 0 Å². The van der Waals surface area contributed by atoms with E-state index in [4.69, 9.17) is 8.83 Å². The highest BCUT2D eigenvalue weighted by atomic mass is 16.3. The van der Waals surface area contributed by atoms with Gasteiger partial charge in [-0.1, -0.05) is 127 Å². The maximum atomic E-state index is 6.46. The van der Waals surface area contributed by atoms with Crippen LogP contribution >= 0.6 is 0 Å². The summed E-state index contributed by atoms with van der Waals surface area (Å²) >= 11 is 0. The third kappa shape index (κ3) is 6.01. The lowest BCUT2D eigenvalue weighted by Crippen LogP contribution is -2.09. The summed E-state index contributed by atoms with van der Waals surface area (Å²) in [5.74, 6) is 1.84. The van der Waals surface area contributed by atoms with Crippen molar-refractivity contribution in [1.29, 1.82) is 0 Å². The lowest BCUT2D eigenvalue weighted by atomic mass is 9.97. The lowest BCUT2D eigenvalue weighted by molar-refractivity contribution is 0.596. The van der Waals surface area contributed by atoms with E-state index in [-0.39, 0.29) is 0 Å². The first kappa shape index (κ1) is 34.0. The molecule has 0 amide bonds. The number of anilines is 3. The Hall–Kier alpha value is -7.32. The monoisotopic (exact) mass is 745 g/mol. The molecule has 276 valence electrons. The second-order valence-corrected chi connectivity index (χ2v) is 15.2. The van der Waals surface area contributed by atoms with E-state index in [9.17, 15) is 0 Å². The number of hydrogen-bond donors (Lipinski definition) is 0. The Labute approximate surface area is 338 Å². The summed E-state index contributed by atoms with van der Waals surface area (Å²) in [6.07, 6.45) is 23.3. The second kappa shape index (κ2) is 14.3. The van der Waals surface area contributed by atoms with Gasteiger partial charge in [0.2, 0.25) is 0 Å². The van der Waals surface area contributed by atoms with Gasteiger partial charge in [0, 0.05) is 50.1 Å². The fourth-order valence-electron chi connectivity index (χ4n) is 8.72. The summed E-state index contributed by atoms with van der Waals surface area (Å²) in [6.45, 7) is 0. The van der Waals surface area contributed by atoms with E-state index in [0.717, 1.165) is 98.6 Å². The molecule has 0 fully saturated rings. The number of allylic oxidation sites excluding steroid dienone is 7. The van der Waals surface area contributed by atoms with Crippen LogP contribution in [-0.4, -0.2) is 0 Å². The Balaban J connectivity index is 0.961. The van der Waals surface area contributed by atoms with Gasteiger partial charge in [0.25, 0.3) is 0 Å². The predicted octanol–water partition coefficient (Wildman–Crippen LogP) is 15.5. The van der Waals surface area contributed by atoms with Crippen molar-refractivity contribution in [3.63, 3.8) is 0 Å². The van der Waals surface area contributed by atoms with Gasteiger partial charge in [-0.25, -0.2) is 0 Å². The van der Waals surface area contributed by atoms with Gasteiger partial charge in [-0.3, -0.25) is 0 Å². The van der Waals surface area contributed by atoms with Crippen LogP contribution in [0.25, 0.3) is 79.1 Å². The van der Waals surface area contributed by atoms with Gasteiger partial charge in [-0.15, -0.1) is 5.73 Å². The predicted molar refractivity (Wildman–Crippen MR) is 242 cm³/mol. The minimum Gasteiger partial charge on any atom is -0.456 e. The van der Waals surface area contributed by atoms with Crippen molar-refractivity contribution in [1.82, 2.24) is 0 Å². The first-order valence-electron chi connectivity index (χ1n) is 20.2. The van der Waals surface area contributed by atoms with Crippen molar-refractivity contribution in [2.45, 2.75) is 25.7 Å². The van der Waals surface area contributed by atoms with Crippen LogP contribution < -0.4 is 4.90 Å². The van der Waals surface area contributed by atoms with Crippen molar-refractivity contribution in [3.8, 4) is 33.4 Å². The second-order valence-electron chi connectivity index (χ2n) is 15.2. The highest BCUT2D eigenvalue weighted by Gasteiger charge is 2.20. The summed E-state index contributed by atoms with van der Waals surface area (Å²) in [6, 6.07) is 48.4. The number of furan rings is 2. The van der Waals surface area contributed by atoms with Crippen molar-refractivity contribution in [2.75, 3.05) is 4.90 Å². The zero-order valence-electron chi connectivity index (χ0n) is 32.0. The molecule has 3 aliphatic rings. The van der Waals surface area contributed by atoms with E-state index in [1.807, 2.05) is 24.3 Å². The van der Waals surface area contributed by atoms with Gasteiger partial charge < -0.3 is 13.7 Å². The average Bonchev–Trinajstić information content (AvgIpc) is 3.76.